The maximum atomic E-state index is 12.9. The smallest absolute Gasteiger partial charge is 0.235 e. The molecule has 0 fully saturated rings. The van der Waals surface area contributed by atoms with Crippen LogP contribution < -0.4 is 10.1 Å². The van der Waals surface area contributed by atoms with E-state index in [4.69, 9.17) is 4.74 Å². The summed E-state index contributed by atoms with van der Waals surface area (Å²) in [6, 6.07) is 8.45. The number of amides is 1. The van der Waals surface area contributed by atoms with Crippen molar-refractivity contribution in [1.82, 2.24) is 14.8 Å². The van der Waals surface area contributed by atoms with Crippen LogP contribution in [0.1, 0.15) is 80.1 Å². The van der Waals surface area contributed by atoms with Gasteiger partial charge >= 0.3 is 0 Å². The summed E-state index contributed by atoms with van der Waals surface area (Å²) in [4.78, 5) is 14.2. The first-order valence-electron chi connectivity index (χ1n) is 13.2. The average molecular weight is 552 g/mol. The summed E-state index contributed by atoms with van der Waals surface area (Å²) in [7, 11) is 0. The van der Waals surface area contributed by atoms with Gasteiger partial charge in [-0.1, -0.05) is 50.2 Å². The van der Waals surface area contributed by atoms with E-state index < -0.39 is 0 Å². The van der Waals surface area contributed by atoms with Crippen LogP contribution >= 0.6 is 23.1 Å². The van der Waals surface area contributed by atoms with Crippen LogP contribution in [0.15, 0.2) is 23.4 Å². The van der Waals surface area contributed by atoms with Gasteiger partial charge in [-0.2, -0.15) is 5.26 Å². The minimum absolute atomic E-state index is 0.149. The number of aryl methyl sites for hydroxylation is 2. The molecular formula is C29H37N5O2S2. The molecule has 2 heterocycles. The van der Waals surface area contributed by atoms with E-state index in [0.717, 1.165) is 42.0 Å². The van der Waals surface area contributed by atoms with Crippen LogP contribution in [0, 0.1) is 36.5 Å². The van der Waals surface area contributed by atoms with E-state index >= 15 is 0 Å². The summed E-state index contributed by atoms with van der Waals surface area (Å²) >= 11 is 2.91. The van der Waals surface area contributed by atoms with Crippen LogP contribution in [0.2, 0.25) is 0 Å². The molecule has 202 valence electrons. The molecule has 0 bridgehead atoms. The molecule has 1 amide bonds. The molecule has 2 atom stereocenters. The minimum atomic E-state index is -0.292. The molecule has 1 aromatic carbocycles. The number of hydrogen-bond donors (Lipinski definition) is 1. The van der Waals surface area contributed by atoms with E-state index in [1.54, 1.807) is 11.3 Å². The highest BCUT2D eigenvalue weighted by Crippen LogP contribution is 2.44. The van der Waals surface area contributed by atoms with E-state index in [9.17, 15) is 10.1 Å². The fraction of sp³-hybridized carbons (Fsp3) is 0.517. The summed E-state index contributed by atoms with van der Waals surface area (Å²) < 4.78 is 8.19. The molecule has 38 heavy (non-hydrogen) atoms. The molecule has 4 rings (SSSR count). The largest absolute Gasteiger partial charge is 0.482 e. The zero-order chi connectivity index (χ0) is 27.6. The number of nitrogens with zero attached hydrogens (tertiary/aromatic N) is 4. The number of thiophene rings is 1. The number of carbonyl (C=O) groups is 1. The Hall–Kier alpha value is -2.83. The zero-order valence-corrected chi connectivity index (χ0v) is 25.0. The molecule has 2 unspecified atom stereocenters. The number of hydrogen-bond acceptors (Lipinski definition) is 7. The Balaban J connectivity index is 1.41. The normalized spacial score (nSPS) is 16.0. The van der Waals surface area contributed by atoms with Crippen molar-refractivity contribution < 1.29 is 9.53 Å². The molecule has 0 saturated carbocycles. The Bertz CT molecular complexity index is 1360. The van der Waals surface area contributed by atoms with E-state index in [2.05, 4.69) is 55.3 Å². The molecule has 0 spiro atoms. The number of fused-ring (bicyclic) bond motifs is 1. The molecule has 0 saturated heterocycles. The number of nitriles is 1. The number of aromatic nitrogens is 3. The lowest BCUT2D eigenvalue weighted by Crippen LogP contribution is -2.26. The Morgan fingerprint density at radius 2 is 2.11 bits per heavy atom. The fourth-order valence-electron chi connectivity index (χ4n) is 5.00. The van der Waals surface area contributed by atoms with Crippen LogP contribution in [0.5, 0.6) is 5.75 Å². The molecule has 1 N–H and O–H groups in total. The predicted molar refractivity (Wildman–Crippen MR) is 154 cm³/mol. The van der Waals surface area contributed by atoms with Crippen molar-refractivity contribution in [2.45, 2.75) is 85.5 Å². The lowest BCUT2D eigenvalue weighted by Gasteiger charge is -2.33. The lowest BCUT2D eigenvalue weighted by atomic mass is 9.72. The molecule has 0 radical (unpaired) electrons. The third-order valence-electron chi connectivity index (χ3n) is 7.25. The number of ether oxygens (including phenoxy) is 1. The summed E-state index contributed by atoms with van der Waals surface area (Å²) in [6.07, 6.45) is 2.64. The fourth-order valence-corrected chi connectivity index (χ4v) is 7.11. The van der Waals surface area contributed by atoms with Crippen molar-refractivity contribution >= 4 is 34.0 Å². The number of benzene rings is 1. The average Bonchev–Trinajstić information content (AvgIpc) is 3.43. The number of thioether (sulfide) groups is 1. The monoisotopic (exact) mass is 551 g/mol. The molecule has 7 nitrogen and oxygen atoms in total. The van der Waals surface area contributed by atoms with Gasteiger partial charge in [0.1, 0.15) is 16.8 Å². The lowest BCUT2D eigenvalue weighted by molar-refractivity contribution is -0.113. The Morgan fingerprint density at radius 1 is 1.34 bits per heavy atom. The first-order valence-corrected chi connectivity index (χ1v) is 15.0. The topological polar surface area (TPSA) is 92.8 Å². The van der Waals surface area contributed by atoms with Crippen LogP contribution in [0.4, 0.5) is 5.00 Å². The van der Waals surface area contributed by atoms with Gasteiger partial charge in [0.25, 0.3) is 0 Å². The summed E-state index contributed by atoms with van der Waals surface area (Å²) in [5, 5.41) is 22.9. The van der Waals surface area contributed by atoms with Crippen molar-refractivity contribution in [2.75, 3.05) is 11.1 Å². The second-order valence-corrected chi connectivity index (χ2v) is 13.1. The quantitative estimate of drug-likeness (QED) is 0.307. The molecule has 1 aliphatic carbocycles. The van der Waals surface area contributed by atoms with Crippen molar-refractivity contribution in [3.63, 3.8) is 0 Å². The standard InChI is InChI=1S/C29H37N5O2S2/c1-8-34-26(19(4)36-23-12-9-17(2)13-18(23)3)32-33-28(34)37-16-25(35)31-27-22(15-30)21-11-10-20(29(5,6)7)14-24(21)38-27/h9,12-13,19-20H,8,10-11,14,16H2,1-7H3,(H,31,35). The molecule has 2 aromatic heterocycles. The molecule has 9 heteroatoms. The first kappa shape index (κ1) is 28.2. The third-order valence-corrected chi connectivity index (χ3v) is 9.38. The highest BCUT2D eigenvalue weighted by Gasteiger charge is 2.32. The van der Waals surface area contributed by atoms with Gasteiger partial charge in [-0.05, 0) is 75.5 Å². The van der Waals surface area contributed by atoms with Gasteiger partial charge in [0.15, 0.2) is 17.1 Å². The van der Waals surface area contributed by atoms with Crippen molar-refractivity contribution in [3.8, 4) is 11.8 Å². The Labute approximate surface area is 234 Å². The zero-order valence-electron chi connectivity index (χ0n) is 23.3. The van der Waals surface area contributed by atoms with Crippen molar-refractivity contribution in [1.29, 1.82) is 5.26 Å². The van der Waals surface area contributed by atoms with E-state index in [1.165, 1.54) is 22.2 Å². The van der Waals surface area contributed by atoms with Gasteiger partial charge in [-0.3, -0.25) is 4.79 Å². The van der Waals surface area contributed by atoms with Gasteiger partial charge in [0, 0.05) is 11.4 Å². The van der Waals surface area contributed by atoms with Gasteiger partial charge in [0.2, 0.25) is 5.91 Å². The van der Waals surface area contributed by atoms with Crippen LogP contribution in [0.3, 0.4) is 0 Å². The van der Waals surface area contributed by atoms with Gasteiger partial charge in [0.05, 0.1) is 11.3 Å². The summed E-state index contributed by atoms with van der Waals surface area (Å²) in [5.74, 6) is 2.16. The van der Waals surface area contributed by atoms with E-state index in [0.29, 0.717) is 28.2 Å². The molecule has 1 aliphatic rings. The predicted octanol–water partition coefficient (Wildman–Crippen LogP) is 6.87. The third kappa shape index (κ3) is 6.08. The Kier molecular flexibility index (Phi) is 8.53. The first-order chi connectivity index (χ1) is 18.0. The molecule has 0 aliphatic heterocycles. The number of nitrogens with one attached hydrogen (secondary N) is 1. The maximum absolute atomic E-state index is 12.9. The molecular weight excluding hydrogens is 514 g/mol. The summed E-state index contributed by atoms with van der Waals surface area (Å²) in [5.41, 5.74) is 4.24. The highest BCUT2D eigenvalue weighted by atomic mass is 32.2. The van der Waals surface area contributed by atoms with Crippen LogP contribution in [-0.4, -0.2) is 26.4 Å². The maximum Gasteiger partial charge on any atom is 0.235 e. The van der Waals surface area contributed by atoms with Crippen LogP contribution in [-0.2, 0) is 24.2 Å². The van der Waals surface area contributed by atoms with Gasteiger partial charge in [-0.15, -0.1) is 21.5 Å². The SMILES string of the molecule is CCn1c(SCC(=O)Nc2sc3c(c2C#N)CCC(C(C)(C)C)C3)nnc1C(C)Oc1ccc(C)cc1C. The highest BCUT2D eigenvalue weighted by molar-refractivity contribution is 7.99. The van der Waals surface area contributed by atoms with Gasteiger partial charge in [-0.25, -0.2) is 0 Å². The second kappa shape index (κ2) is 11.5. The van der Waals surface area contributed by atoms with Crippen molar-refractivity contribution in [2.24, 2.45) is 11.3 Å². The second-order valence-electron chi connectivity index (χ2n) is 11.1. The molecule has 3 aromatic rings. The van der Waals surface area contributed by atoms with E-state index in [-0.39, 0.29) is 23.2 Å². The number of carbonyl (C=O) groups excluding carboxylic acids is 1. The van der Waals surface area contributed by atoms with Gasteiger partial charge < -0.3 is 14.6 Å². The number of rotatable bonds is 8. The van der Waals surface area contributed by atoms with E-state index in [1.807, 2.05) is 37.5 Å². The van der Waals surface area contributed by atoms with Crippen molar-refractivity contribution in [3.05, 3.63) is 51.2 Å². The minimum Gasteiger partial charge on any atom is -0.482 e. The Morgan fingerprint density at radius 3 is 2.76 bits per heavy atom. The number of anilines is 1. The summed E-state index contributed by atoms with van der Waals surface area (Å²) in [6.45, 7) is 15.6. The van der Waals surface area contributed by atoms with Crippen LogP contribution in [0.25, 0.3) is 0 Å².